The van der Waals surface area contributed by atoms with Crippen LogP contribution in [0.15, 0.2) is 24.4 Å². The molecule has 1 aromatic rings. The van der Waals surface area contributed by atoms with E-state index in [1.54, 1.807) is 0 Å². The largest absolute Gasteiger partial charge is 0.357 e. The van der Waals surface area contributed by atoms with Crippen LogP contribution in [0.1, 0.15) is 32.6 Å². The Bertz CT molecular complexity index is 404. The molecule has 1 aliphatic rings. The molecular formula is C15H22N4. The minimum Gasteiger partial charge on any atom is -0.357 e. The molecule has 0 spiro atoms. The van der Waals surface area contributed by atoms with Gasteiger partial charge in [0.15, 0.2) is 0 Å². The van der Waals surface area contributed by atoms with Gasteiger partial charge >= 0.3 is 0 Å². The smallest absolute Gasteiger partial charge is 0.128 e. The number of pyridine rings is 1. The fraction of sp³-hybridized carbons (Fsp3) is 0.600. The number of hydrogen-bond donors (Lipinski definition) is 1. The Morgan fingerprint density at radius 3 is 2.84 bits per heavy atom. The van der Waals surface area contributed by atoms with Crippen LogP contribution in [0.25, 0.3) is 0 Å². The number of hydrogen-bond acceptors (Lipinski definition) is 4. The van der Waals surface area contributed by atoms with E-state index in [1.165, 1.54) is 0 Å². The molecule has 1 aromatic heterocycles. The topological polar surface area (TPSA) is 52.0 Å². The van der Waals surface area contributed by atoms with Crippen molar-refractivity contribution in [2.24, 2.45) is 0 Å². The van der Waals surface area contributed by atoms with Crippen LogP contribution >= 0.6 is 0 Å². The first kappa shape index (κ1) is 13.8. The summed E-state index contributed by atoms with van der Waals surface area (Å²) in [6.45, 7) is 4.22. The summed E-state index contributed by atoms with van der Waals surface area (Å²) in [5, 5.41) is 12.4. The molecule has 1 atom stereocenters. The molecule has 1 fully saturated rings. The van der Waals surface area contributed by atoms with E-state index in [4.69, 9.17) is 5.26 Å². The van der Waals surface area contributed by atoms with Crippen molar-refractivity contribution in [3.05, 3.63) is 24.4 Å². The van der Waals surface area contributed by atoms with Gasteiger partial charge in [0, 0.05) is 31.4 Å². The molecule has 1 aliphatic heterocycles. The molecule has 4 nitrogen and oxygen atoms in total. The Morgan fingerprint density at radius 2 is 2.26 bits per heavy atom. The van der Waals surface area contributed by atoms with Gasteiger partial charge in [-0.15, -0.1) is 0 Å². The van der Waals surface area contributed by atoms with E-state index in [2.05, 4.69) is 34.3 Å². The molecule has 1 unspecified atom stereocenters. The van der Waals surface area contributed by atoms with Gasteiger partial charge in [0.25, 0.3) is 0 Å². The van der Waals surface area contributed by atoms with Gasteiger partial charge < -0.3 is 10.2 Å². The Hall–Kier alpha value is -1.60. The van der Waals surface area contributed by atoms with Crippen LogP contribution in [0.4, 0.5) is 5.82 Å². The van der Waals surface area contributed by atoms with Crippen molar-refractivity contribution in [3.8, 4) is 6.07 Å². The summed E-state index contributed by atoms with van der Waals surface area (Å²) < 4.78 is 0. The summed E-state index contributed by atoms with van der Waals surface area (Å²) in [6, 6.07) is 9.20. The van der Waals surface area contributed by atoms with Crippen LogP contribution in [0.2, 0.25) is 0 Å². The predicted molar refractivity (Wildman–Crippen MR) is 76.9 cm³/mol. The summed E-state index contributed by atoms with van der Waals surface area (Å²) in [5.41, 5.74) is 0. The van der Waals surface area contributed by atoms with E-state index in [0.29, 0.717) is 18.5 Å². The van der Waals surface area contributed by atoms with E-state index < -0.39 is 0 Å². The SMILES string of the molecule is CCC(CC#N)NC1CCN(c2ccccn2)CC1. The zero-order valence-corrected chi connectivity index (χ0v) is 11.5. The highest BCUT2D eigenvalue weighted by Gasteiger charge is 2.21. The molecule has 19 heavy (non-hydrogen) atoms. The van der Waals surface area contributed by atoms with Crippen molar-refractivity contribution in [3.63, 3.8) is 0 Å². The highest BCUT2D eigenvalue weighted by atomic mass is 15.2. The average molecular weight is 258 g/mol. The average Bonchev–Trinajstić information content (AvgIpc) is 2.48. The molecule has 2 rings (SSSR count). The Balaban J connectivity index is 1.81. The van der Waals surface area contributed by atoms with Crippen LogP contribution in [-0.4, -0.2) is 30.2 Å². The molecule has 0 bridgehead atoms. The summed E-state index contributed by atoms with van der Waals surface area (Å²) in [5.74, 6) is 1.07. The maximum Gasteiger partial charge on any atom is 0.128 e. The van der Waals surface area contributed by atoms with Crippen molar-refractivity contribution in [2.75, 3.05) is 18.0 Å². The molecule has 0 radical (unpaired) electrons. The third kappa shape index (κ3) is 3.93. The van der Waals surface area contributed by atoms with Gasteiger partial charge in [-0.3, -0.25) is 0 Å². The lowest BCUT2D eigenvalue weighted by molar-refractivity contribution is 0.361. The highest BCUT2D eigenvalue weighted by molar-refractivity contribution is 5.38. The van der Waals surface area contributed by atoms with Crippen LogP contribution in [0.3, 0.4) is 0 Å². The molecule has 0 amide bonds. The predicted octanol–water partition coefficient (Wildman–Crippen LogP) is 2.33. The first-order valence-electron chi connectivity index (χ1n) is 7.12. The van der Waals surface area contributed by atoms with Crippen LogP contribution in [0, 0.1) is 11.3 Å². The minimum atomic E-state index is 0.344. The molecule has 102 valence electrons. The second kappa shape index (κ2) is 7.10. The lowest BCUT2D eigenvalue weighted by Crippen LogP contribution is -2.46. The van der Waals surface area contributed by atoms with Gasteiger partial charge in [-0.1, -0.05) is 13.0 Å². The van der Waals surface area contributed by atoms with Crippen LogP contribution in [-0.2, 0) is 0 Å². The van der Waals surface area contributed by atoms with Gasteiger partial charge in [0.2, 0.25) is 0 Å². The number of piperidine rings is 1. The van der Waals surface area contributed by atoms with Gasteiger partial charge in [-0.05, 0) is 31.4 Å². The molecule has 1 saturated heterocycles. The monoisotopic (exact) mass is 258 g/mol. The third-order valence-electron chi connectivity index (χ3n) is 3.77. The highest BCUT2D eigenvalue weighted by Crippen LogP contribution is 2.18. The Kier molecular flexibility index (Phi) is 5.17. The minimum absolute atomic E-state index is 0.344. The van der Waals surface area contributed by atoms with Crippen molar-refractivity contribution < 1.29 is 0 Å². The number of rotatable bonds is 5. The fourth-order valence-corrected chi connectivity index (χ4v) is 2.58. The zero-order chi connectivity index (χ0) is 13.5. The quantitative estimate of drug-likeness (QED) is 0.880. The number of nitriles is 1. The van der Waals surface area contributed by atoms with Crippen LogP contribution < -0.4 is 10.2 Å². The first-order chi connectivity index (χ1) is 9.33. The van der Waals surface area contributed by atoms with Crippen molar-refractivity contribution in [2.45, 2.75) is 44.7 Å². The summed E-state index contributed by atoms with van der Waals surface area (Å²) >= 11 is 0. The molecular weight excluding hydrogens is 236 g/mol. The number of aromatic nitrogens is 1. The van der Waals surface area contributed by atoms with Crippen molar-refractivity contribution >= 4 is 5.82 Å². The van der Waals surface area contributed by atoms with E-state index in [-0.39, 0.29) is 0 Å². The summed E-state index contributed by atoms with van der Waals surface area (Å²) in [4.78, 5) is 6.73. The molecule has 2 heterocycles. The van der Waals surface area contributed by atoms with E-state index in [9.17, 15) is 0 Å². The standard InChI is InChI=1S/C15H22N4/c1-2-13(6-9-16)18-14-7-11-19(12-8-14)15-5-3-4-10-17-15/h3-5,10,13-14,18H,2,6-8,11-12H2,1H3. The third-order valence-corrected chi connectivity index (χ3v) is 3.77. The second-order valence-corrected chi connectivity index (χ2v) is 5.08. The van der Waals surface area contributed by atoms with Gasteiger partial charge in [0.05, 0.1) is 12.5 Å². The van der Waals surface area contributed by atoms with E-state index in [0.717, 1.165) is 38.2 Å². The molecule has 0 saturated carbocycles. The van der Waals surface area contributed by atoms with Crippen LogP contribution in [0.5, 0.6) is 0 Å². The Morgan fingerprint density at radius 1 is 1.47 bits per heavy atom. The molecule has 0 aliphatic carbocycles. The van der Waals surface area contributed by atoms with Gasteiger partial charge in [0.1, 0.15) is 5.82 Å². The fourth-order valence-electron chi connectivity index (χ4n) is 2.58. The maximum atomic E-state index is 8.78. The van der Waals surface area contributed by atoms with E-state index in [1.807, 2.05) is 18.3 Å². The second-order valence-electron chi connectivity index (χ2n) is 5.08. The molecule has 4 heteroatoms. The summed E-state index contributed by atoms with van der Waals surface area (Å²) in [6.07, 6.45) is 5.72. The molecule has 1 N–H and O–H groups in total. The first-order valence-corrected chi connectivity index (χ1v) is 7.12. The number of anilines is 1. The number of nitrogens with one attached hydrogen (secondary N) is 1. The van der Waals surface area contributed by atoms with E-state index >= 15 is 0 Å². The molecule has 0 aromatic carbocycles. The van der Waals surface area contributed by atoms with Crippen molar-refractivity contribution in [1.29, 1.82) is 5.26 Å². The van der Waals surface area contributed by atoms with Crippen molar-refractivity contribution in [1.82, 2.24) is 10.3 Å². The lowest BCUT2D eigenvalue weighted by Gasteiger charge is -2.34. The van der Waals surface area contributed by atoms with Gasteiger partial charge in [-0.2, -0.15) is 5.26 Å². The zero-order valence-electron chi connectivity index (χ0n) is 11.5. The number of nitrogens with zero attached hydrogens (tertiary/aromatic N) is 3. The summed E-state index contributed by atoms with van der Waals surface area (Å²) in [7, 11) is 0. The van der Waals surface area contributed by atoms with Gasteiger partial charge in [-0.25, -0.2) is 4.98 Å². The normalized spacial score (nSPS) is 18.0. The maximum absolute atomic E-state index is 8.78. The lowest BCUT2D eigenvalue weighted by atomic mass is 10.0. The Labute approximate surface area is 115 Å².